The minimum Gasteiger partial charge on any atom is -0.303 e. The monoisotopic (exact) mass is 225 g/mol. The smallest absolute Gasteiger partial charge is 0.0235 e. The number of piperidine rings is 1. The van der Waals surface area contributed by atoms with Crippen LogP contribution in [0, 0.1) is 11.8 Å². The van der Waals surface area contributed by atoms with Crippen molar-refractivity contribution in [2.24, 2.45) is 11.8 Å². The predicted molar refractivity (Wildman–Crippen MR) is 62.0 cm³/mol. The zero-order valence-corrected chi connectivity index (χ0v) is 10.2. The Hall–Kier alpha value is 0.540. The molecule has 3 heteroatoms. The summed E-state index contributed by atoms with van der Waals surface area (Å²) in [7, 11) is 0. The average molecular weight is 226 g/mol. The SMILES string of the molecule is CC1CC(C)CN(CCCCl)C1.Cl. The molecule has 0 saturated carbocycles. The van der Waals surface area contributed by atoms with E-state index in [2.05, 4.69) is 18.7 Å². The number of likely N-dealkylation sites (tertiary alicyclic amines) is 1. The third-order valence-corrected chi connectivity index (χ3v) is 2.82. The van der Waals surface area contributed by atoms with Gasteiger partial charge in [-0.3, -0.25) is 0 Å². The molecule has 1 nitrogen and oxygen atoms in total. The Morgan fingerprint density at radius 1 is 1.23 bits per heavy atom. The lowest BCUT2D eigenvalue weighted by Gasteiger charge is -2.34. The van der Waals surface area contributed by atoms with E-state index in [1.165, 1.54) is 26.1 Å². The number of alkyl halides is 1. The Kier molecular flexibility index (Phi) is 7.20. The van der Waals surface area contributed by atoms with Gasteiger partial charge < -0.3 is 4.90 Å². The number of halogens is 2. The summed E-state index contributed by atoms with van der Waals surface area (Å²) in [6.45, 7) is 8.45. The van der Waals surface area contributed by atoms with Gasteiger partial charge in [0.2, 0.25) is 0 Å². The molecule has 0 radical (unpaired) electrons. The fourth-order valence-corrected chi connectivity index (χ4v) is 2.38. The first-order chi connectivity index (χ1) is 5.72. The topological polar surface area (TPSA) is 3.24 Å². The number of rotatable bonds is 3. The second kappa shape index (κ2) is 6.92. The maximum absolute atomic E-state index is 5.67. The van der Waals surface area contributed by atoms with Crippen LogP contribution in [-0.2, 0) is 0 Å². The van der Waals surface area contributed by atoms with Gasteiger partial charge >= 0.3 is 0 Å². The number of nitrogens with zero attached hydrogens (tertiary/aromatic N) is 1. The van der Waals surface area contributed by atoms with Crippen LogP contribution in [0.3, 0.4) is 0 Å². The van der Waals surface area contributed by atoms with Crippen LogP contribution < -0.4 is 0 Å². The van der Waals surface area contributed by atoms with Crippen molar-refractivity contribution in [3.8, 4) is 0 Å². The molecular weight excluding hydrogens is 205 g/mol. The summed E-state index contributed by atoms with van der Waals surface area (Å²) < 4.78 is 0. The molecule has 0 aromatic rings. The first kappa shape index (κ1) is 13.5. The summed E-state index contributed by atoms with van der Waals surface area (Å²) in [5, 5.41) is 0. The van der Waals surface area contributed by atoms with Gasteiger partial charge in [0.25, 0.3) is 0 Å². The molecule has 1 heterocycles. The van der Waals surface area contributed by atoms with E-state index in [1.807, 2.05) is 0 Å². The Morgan fingerprint density at radius 3 is 2.23 bits per heavy atom. The summed E-state index contributed by atoms with van der Waals surface area (Å²) in [6, 6.07) is 0. The summed E-state index contributed by atoms with van der Waals surface area (Å²) in [5.41, 5.74) is 0. The highest BCUT2D eigenvalue weighted by Gasteiger charge is 2.20. The molecule has 1 aliphatic heterocycles. The van der Waals surface area contributed by atoms with Gasteiger partial charge in [0.1, 0.15) is 0 Å². The van der Waals surface area contributed by atoms with E-state index in [9.17, 15) is 0 Å². The van der Waals surface area contributed by atoms with Gasteiger partial charge in [-0.15, -0.1) is 24.0 Å². The number of hydrogen-bond donors (Lipinski definition) is 0. The second-order valence-electron chi connectivity index (χ2n) is 4.25. The van der Waals surface area contributed by atoms with Crippen molar-refractivity contribution in [1.29, 1.82) is 0 Å². The molecule has 0 bridgehead atoms. The molecule has 0 N–H and O–H groups in total. The van der Waals surface area contributed by atoms with E-state index in [0.29, 0.717) is 0 Å². The molecule has 0 aromatic carbocycles. The molecule has 1 fully saturated rings. The average Bonchev–Trinajstić information content (AvgIpc) is 1.99. The lowest BCUT2D eigenvalue weighted by atomic mass is 9.92. The summed E-state index contributed by atoms with van der Waals surface area (Å²) in [6.07, 6.45) is 2.54. The fraction of sp³-hybridized carbons (Fsp3) is 1.00. The van der Waals surface area contributed by atoms with Crippen LogP contribution in [0.5, 0.6) is 0 Å². The summed E-state index contributed by atoms with van der Waals surface area (Å²) in [4.78, 5) is 2.56. The molecule has 80 valence electrons. The minimum atomic E-state index is 0. The van der Waals surface area contributed by atoms with E-state index in [0.717, 1.165) is 24.1 Å². The van der Waals surface area contributed by atoms with E-state index in [1.54, 1.807) is 0 Å². The van der Waals surface area contributed by atoms with Gasteiger partial charge in [-0.2, -0.15) is 0 Å². The van der Waals surface area contributed by atoms with Gasteiger partial charge in [-0.1, -0.05) is 13.8 Å². The van der Waals surface area contributed by atoms with Gasteiger partial charge in [-0.05, 0) is 31.2 Å². The highest BCUT2D eigenvalue weighted by molar-refractivity contribution is 6.17. The first-order valence-corrected chi connectivity index (χ1v) is 5.54. The molecule has 1 aliphatic rings. The van der Waals surface area contributed by atoms with Crippen LogP contribution in [0.4, 0.5) is 0 Å². The van der Waals surface area contributed by atoms with Crippen LogP contribution in [0.2, 0.25) is 0 Å². The molecule has 0 spiro atoms. The molecule has 0 aromatic heterocycles. The zero-order chi connectivity index (χ0) is 8.97. The van der Waals surface area contributed by atoms with Crippen molar-refractivity contribution < 1.29 is 0 Å². The summed E-state index contributed by atoms with van der Waals surface area (Å²) in [5.74, 6) is 2.56. The third kappa shape index (κ3) is 5.09. The van der Waals surface area contributed by atoms with E-state index in [-0.39, 0.29) is 12.4 Å². The second-order valence-corrected chi connectivity index (χ2v) is 4.63. The van der Waals surface area contributed by atoms with Gasteiger partial charge in [0.15, 0.2) is 0 Å². The van der Waals surface area contributed by atoms with Crippen molar-refractivity contribution in [2.45, 2.75) is 26.7 Å². The predicted octanol–water partition coefficient (Wildman–Crippen LogP) is 3.02. The minimum absolute atomic E-state index is 0. The van der Waals surface area contributed by atoms with Crippen molar-refractivity contribution in [1.82, 2.24) is 4.90 Å². The Morgan fingerprint density at radius 2 is 1.77 bits per heavy atom. The lowest BCUT2D eigenvalue weighted by molar-refractivity contribution is 0.141. The standard InChI is InChI=1S/C10H20ClN.ClH/c1-9-6-10(2)8-12(7-9)5-3-4-11;/h9-10H,3-8H2,1-2H3;1H. The van der Waals surface area contributed by atoms with E-state index >= 15 is 0 Å². The summed E-state index contributed by atoms with van der Waals surface area (Å²) >= 11 is 5.67. The van der Waals surface area contributed by atoms with Gasteiger partial charge in [-0.25, -0.2) is 0 Å². The van der Waals surface area contributed by atoms with E-state index < -0.39 is 0 Å². The Balaban J connectivity index is 0.00000144. The Labute approximate surface area is 93.2 Å². The van der Waals surface area contributed by atoms with Gasteiger partial charge in [0, 0.05) is 19.0 Å². The van der Waals surface area contributed by atoms with E-state index in [4.69, 9.17) is 11.6 Å². The third-order valence-electron chi connectivity index (χ3n) is 2.55. The molecule has 1 rings (SSSR count). The maximum Gasteiger partial charge on any atom is 0.0235 e. The van der Waals surface area contributed by atoms with Crippen LogP contribution in [0.1, 0.15) is 26.7 Å². The van der Waals surface area contributed by atoms with Gasteiger partial charge in [0.05, 0.1) is 0 Å². The normalized spacial score (nSPS) is 29.8. The highest BCUT2D eigenvalue weighted by atomic mass is 35.5. The van der Waals surface area contributed by atoms with Crippen LogP contribution in [0.15, 0.2) is 0 Å². The molecule has 0 aliphatic carbocycles. The molecule has 2 unspecified atom stereocenters. The van der Waals surface area contributed by atoms with Crippen LogP contribution in [-0.4, -0.2) is 30.4 Å². The number of hydrogen-bond acceptors (Lipinski definition) is 1. The van der Waals surface area contributed by atoms with Crippen LogP contribution >= 0.6 is 24.0 Å². The van der Waals surface area contributed by atoms with Crippen molar-refractivity contribution in [2.75, 3.05) is 25.5 Å². The highest BCUT2D eigenvalue weighted by Crippen LogP contribution is 2.20. The molecule has 0 amide bonds. The van der Waals surface area contributed by atoms with Crippen molar-refractivity contribution in [3.05, 3.63) is 0 Å². The molecule has 13 heavy (non-hydrogen) atoms. The molecular formula is C10H21Cl2N. The van der Waals surface area contributed by atoms with Crippen molar-refractivity contribution in [3.63, 3.8) is 0 Å². The quantitative estimate of drug-likeness (QED) is 0.668. The molecule has 1 saturated heterocycles. The molecule has 2 atom stereocenters. The Bertz CT molecular complexity index is 120. The lowest BCUT2D eigenvalue weighted by Crippen LogP contribution is -2.39. The fourth-order valence-electron chi connectivity index (χ4n) is 2.26. The zero-order valence-electron chi connectivity index (χ0n) is 8.63. The first-order valence-electron chi connectivity index (χ1n) is 5.00. The van der Waals surface area contributed by atoms with Crippen LogP contribution in [0.25, 0.3) is 0 Å². The maximum atomic E-state index is 5.67. The van der Waals surface area contributed by atoms with Crippen molar-refractivity contribution >= 4 is 24.0 Å². The largest absolute Gasteiger partial charge is 0.303 e.